The van der Waals surface area contributed by atoms with Gasteiger partial charge < -0.3 is 51.1 Å². The summed E-state index contributed by atoms with van der Waals surface area (Å²) in [4.78, 5) is 35.6. The van der Waals surface area contributed by atoms with E-state index in [-0.39, 0.29) is 17.1 Å². The number of unbranched alkanes of at least 4 members (excludes halogenated alkanes) is 18. The van der Waals surface area contributed by atoms with Crippen molar-refractivity contribution in [3.8, 4) is 0 Å². The molecule has 11 heteroatoms. The number of hydrogen-bond acceptors (Lipinski definition) is 8. The molecular formula is C32H68CuN2O8. The van der Waals surface area contributed by atoms with Crippen LogP contribution in [0.25, 0.3) is 0 Å². The minimum Gasteiger partial charge on any atom is -0.550 e. The van der Waals surface area contributed by atoms with Crippen LogP contribution in [0.1, 0.15) is 170 Å². The Hall–Kier alpha value is -1.68. The van der Waals surface area contributed by atoms with Gasteiger partial charge in [-0.3, -0.25) is 0 Å². The largest absolute Gasteiger partial charge is 2.00 e. The van der Waals surface area contributed by atoms with Crippen molar-refractivity contribution >= 4 is 23.9 Å². The third-order valence-electron chi connectivity index (χ3n) is 5.21. The van der Waals surface area contributed by atoms with Crippen LogP contribution in [0.2, 0.25) is 0 Å². The molecule has 0 amide bonds. The molecule has 0 saturated carbocycles. The fourth-order valence-corrected chi connectivity index (χ4v) is 3.33. The molecule has 0 bridgehead atoms. The maximum absolute atomic E-state index is 8.89. The van der Waals surface area contributed by atoms with Crippen LogP contribution in [0.3, 0.4) is 0 Å². The number of carbonyl (C=O) groups excluding carboxylic acids is 4. The van der Waals surface area contributed by atoms with Crippen molar-refractivity contribution in [1.29, 1.82) is 0 Å². The fraction of sp³-hybridized carbons (Fsp3) is 0.875. The summed E-state index contributed by atoms with van der Waals surface area (Å²) in [5, 5.41) is 35.6. The number of quaternary nitrogens is 2. The van der Waals surface area contributed by atoms with Crippen molar-refractivity contribution in [1.82, 2.24) is 0 Å². The van der Waals surface area contributed by atoms with Crippen LogP contribution < -0.4 is 31.9 Å². The Labute approximate surface area is 274 Å². The first kappa shape index (κ1) is 57.0. The van der Waals surface area contributed by atoms with Gasteiger partial charge in [0.25, 0.3) is 0 Å². The van der Waals surface area contributed by atoms with E-state index in [2.05, 4.69) is 25.3 Å². The summed E-state index contributed by atoms with van der Waals surface area (Å²) >= 11 is 0. The van der Waals surface area contributed by atoms with Gasteiger partial charge >= 0.3 is 17.1 Å². The average Bonchev–Trinajstić information content (AvgIpc) is 2.86. The van der Waals surface area contributed by atoms with Gasteiger partial charge in [-0.1, -0.05) is 117 Å². The second-order valence-electron chi connectivity index (χ2n) is 10.0. The third kappa shape index (κ3) is 176. The van der Waals surface area contributed by atoms with Gasteiger partial charge in [0.2, 0.25) is 0 Å². The summed E-state index contributed by atoms with van der Waals surface area (Å²) in [6.07, 6.45) is 28.5. The molecule has 0 aromatic rings. The topological polar surface area (TPSA) is 216 Å². The molecule has 265 valence electrons. The first-order valence-electron chi connectivity index (χ1n) is 16.0. The van der Waals surface area contributed by atoms with Crippen molar-refractivity contribution < 1.29 is 68.1 Å². The first-order valence-corrected chi connectivity index (χ1v) is 16.0. The number of carboxylic acid groups (broad SMARTS) is 4. The Morgan fingerprint density at radius 1 is 0.372 bits per heavy atom. The molecule has 0 rings (SSSR count). The van der Waals surface area contributed by atoms with Gasteiger partial charge in [0.15, 0.2) is 0 Å². The number of aliphatic carboxylic acids is 4. The molecule has 43 heavy (non-hydrogen) atoms. The van der Waals surface area contributed by atoms with Crippen LogP contribution in [0.15, 0.2) is 0 Å². The van der Waals surface area contributed by atoms with Crippen molar-refractivity contribution in [3.05, 3.63) is 0 Å². The van der Waals surface area contributed by atoms with Crippen molar-refractivity contribution in [2.24, 2.45) is 0 Å². The van der Waals surface area contributed by atoms with Crippen LogP contribution in [-0.2, 0) is 36.2 Å². The molecule has 0 heterocycles. The molecule has 0 saturated heterocycles. The monoisotopic (exact) mass is 671 g/mol. The van der Waals surface area contributed by atoms with Gasteiger partial charge in [-0.25, -0.2) is 0 Å². The molecule has 0 aliphatic rings. The van der Waals surface area contributed by atoms with Crippen molar-refractivity contribution in [3.63, 3.8) is 0 Å². The molecule has 0 aromatic carbocycles. The first-order chi connectivity index (χ1) is 19.8. The van der Waals surface area contributed by atoms with Crippen LogP contribution >= 0.6 is 0 Å². The summed E-state index contributed by atoms with van der Waals surface area (Å²) in [6.45, 7) is 10.7. The summed E-state index contributed by atoms with van der Waals surface area (Å²) in [5.41, 5.74) is 7.71. The van der Waals surface area contributed by atoms with E-state index < -0.39 is 23.9 Å². The average molecular weight is 672 g/mol. The Kier molecular flexibility index (Phi) is 79.1. The molecular weight excluding hydrogens is 604 g/mol. The van der Waals surface area contributed by atoms with E-state index in [9.17, 15) is 0 Å². The molecule has 0 unspecified atom stereocenters. The molecule has 0 aliphatic carbocycles. The fourth-order valence-electron chi connectivity index (χ4n) is 3.33. The molecule has 0 aromatic heterocycles. The summed E-state index contributed by atoms with van der Waals surface area (Å²) < 4.78 is 0. The normalized spacial score (nSPS) is 8.74. The van der Waals surface area contributed by atoms with E-state index in [1.54, 1.807) is 0 Å². The zero-order valence-corrected chi connectivity index (χ0v) is 29.5. The number of rotatable bonds is 20. The van der Waals surface area contributed by atoms with E-state index >= 15 is 0 Å². The SMILES string of the molecule is CC(=O)[O-].CC(=O)[O-].CC(=O)[O-].CC(=O)[O-].CCCCCCCCCCCC[NH3+].CCCCCCCCCCCC[NH3+].[Cu+2]. The van der Waals surface area contributed by atoms with Crippen LogP contribution in [0.5, 0.6) is 0 Å². The van der Waals surface area contributed by atoms with E-state index in [4.69, 9.17) is 39.6 Å². The smallest absolute Gasteiger partial charge is 0.550 e. The minimum atomic E-state index is -1.08. The number of carbonyl (C=O) groups is 4. The molecule has 0 aliphatic heterocycles. The van der Waals surface area contributed by atoms with Crippen LogP contribution in [-0.4, -0.2) is 37.0 Å². The van der Waals surface area contributed by atoms with Gasteiger partial charge in [-0.15, -0.1) is 0 Å². The van der Waals surface area contributed by atoms with E-state index in [0.717, 1.165) is 40.8 Å². The van der Waals surface area contributed by atoms with Gasteiger partial charge in [-0.2, -0.15) is 0 Å². The van der Waals surface area contributed by atoms with Crippen molar-refractivity contribution in [2.45, 2.75) is 170 Å². The standard InChI is InChI=1S/2C12H27N.4C2H4O2.Cu/c2*1-2-3-4-5-6-7-8-9-10-11-12-13;4*1-2(3)4;/h2*2-13H2,1H3;4*1H3,(H,3,4);/q;;;;;;+2/p-2. The van der Waals surface area contributed by atoms with E-state index in [0.29, 0.717) is 0 Å². The quantitative estimate of drug-likeness (QED) is 0.142. The second-order valence-corrected chi connectivity index (χ2v) is 10.0. The van der Waals surface area contributed by atoms with E-state index in [1.807, 2.05) is 0 Å². The molecule has 0 spiro atoms. The zero-order chi connectivity index (χ0) is 33.9. The Morgan fingerprint density at radius 2 is 0.488 bits per heavy atom. The predicted octanol–water partition coefficient (Wildman–Crippen LogP) is 1.32. The molecule has 0 atom stereocenters. The van der Waals surface area contributed by atoms with Crippen molar-refractivity contribution in [2.75, 3.05) is 13.1 Å². The minimum absolute atomic E-state index is 0. The van der Waals surface area contributed by atoms with Gasteiger partial charge in [0.1, 0.15) is 0 Å². The molecule has 0 fully saturated rings. The Balaban J connectivity index is -0.0000000798. The molecule has 10 nitrogen and oxygen atoms in total. The van der Waals surface area contributed by atoms with Crippen LogP contribution in [0, 0.1) is 0 Å². The van der Waals surface area contributed by atoms with Crippen LogP contribution in [0.4, 0.5) is 0 Å². The maximum atomic E-state index is 8.89. The van der Waals surface area contributed by atoms with Gasteiger partial charge in [0.05, 0.1) is 13.1 Å². The van der Waals surface area contributed by atoms with E-state index in [1.165, 1.54) is 128 Å². The Morgan fingerprint density at radius 3 is 0.605 bits per heavy atom. The number of carboxylic acids is 4. The summed E-state index contributed by atoms with van der Waals surface area (Å²) in [7, 11) is 0. The molecule has 1 radical (unpaired) electrons. The van der Waals surface area contributed by atoms with Gasteiger partial charge in [0, 0.05) is 23.9 Å². The second kappa shape index (κ2) is 59.7. The maximum Gasteiger partial charge on any atom is 2.00 e. The summed E-state index contributed by atoms with van der Waals surface area (Å²) in [6, 6.07) is 0. The zero-order valence-electron chi connectivity index (χ0n) is 28.5. The predicted molar refractivity (Wildman–Crippen MR) is 162 cm³/mol. The van der Waals surface area contributed by atoms with Gasteiger partial charge in [-0.05, 0) is 53.4 Å². The number of hydrogen-bond donors (Lipinski definition) is 2. The Bertz CT molecular complexity index is 433. The summed E-state index contributed by atoms with van der Waals surface area (Å²) in [5.74, 6) is -4.33. The third-order valence-corrected chi connectivity index (χ3v) is 5.21. The molecule has 6 N–H and O–H groups in total.